The Hall–Kier alpha value is -1.48. The Morgan fingerprint density at radius 2 is 1.50 bits per heavy atom. The van der Waals surface area contributed by atoms with Crippen LogP contribution in [0.2, 0.25) is 0 Å². The predicted molar refractivity (Wildman–Crippen MR) is 52.4 cm³/mol. The molecule has 0 radical (unpaired) electrons. The molecule has 0 saturated carbocycles. The molecule has 1 aliphatic heterocycles. The third kappa shape index (κ3) is 4.57. The van der Waals surface area contributed by atoms with Crippen molar-refractivity contribution in [2.75, 3.05) is 19.7 Å². The van der Waals surface area contributed by atoms with Gasteiger partial charge in [-0.15, -0.1) is 0 Å². The van der Waals surface area contributed by atoms with Gasteiger partial charge in [0.2, 0.25) is 0 Å². The van der Waals surface area contributed by atoms with Gasteiger partial charge in [-0.1, -0.05) is 0 Å². The smallest absolute Gasteiger partial charge is 0.459 e. The molecule has 1 aliphatic rings. The van der Waals surface area contributed by atoms with Gasteiger partial charge in [0.25, 0.3) is 0 Å². The van der Waals surface area contributed by atoms with Gasteiger partial charge in [0, 0.05) is 13.1 Å². The Labute approximate surface area is 109 Å². The van der Waals surface area contributed by atoms with Crippen molar-refractivity contribution in [2.24, 2.45) is 5.92 Å². The van der Waals surface area contributed by atoms with Gasteiger partial charge in [0.15, 0.2) is 0 Å². The van der Waals surface area contributed by atoms with Crippen LogP contribution in [-0.2, 0) is 14.3 Å². The van der Waals surface area contributed by atoms with Crippen molar-refractivity contribution in [1.82, 2.24) is 4.90 Å². The average Bonchev–Trinajstić information content (AvgIpc) is 2.33. The quantitative estimate of drug-likeness (QED) is 0.578. The number of hydrogen-bond donors (Lipinski definition) is 0. The molecule has 0 N–H and O–H groups in total. The number of rotatable bonds is 2. The van der Waals surface area contributed by atoms with Crippen molar-refractivity contribution in [3.05, 3.63) is 0 Å². The molecule has 4 nitrogen and oxygen atoms in total. The van der Waals surface area contributed by atoms with Crippen LogP contribution in [0.3, 0.4) is 0 Å². The van der Waals surface area contributed by atoms with Crippen LogP contribution in [-0.4, -0.2) is 48.8 Å². The molecule has 1 heterocycles. The fourth-order valence-corrected chi connectivity index (χ4v) is 1.76. The molecular formula is C10H11F6NO3. The zero-order valence-electron chi connectivity index (χ0n) is 10.1. The first-order valence-electron chi connectivity index (χ1n) is 5.62. The van der Waals surface area contributed by atoms with E-state index < -0.39 is 36.8 Å². The molecule has 10 heteroatoms. The fraction of sp³-hybridized carbons (Fsp3) is 0.800. The number of halogens is 6. The number of carbonyl (C=O) groups is 2. The van der Waals surface area contributed by atoms with E-state index in [2.05, 4.69) is 4.74 Å². The minimum atomic E-state index is -5.09. The van der Waals surface area contributed by atoms with Crippen molar-refractivity contribution >= 4 is 11.9 Å². The average molecular weight is 307 g/mol. The number of hydrogen-bond acceptors (Lipinski definition) is 3. The highest BCUT2D eigenvalue weighted by atomic mass is 19.4. The van der Waals surface area contributed by atoms with Gasteiger partial charge >= 0.3 is 24.2 Å². The Morgan fingerprint density at radius 1 is 1.00 bits per heavy atom. The summed E-state index contributed by atoms with van der Waals surface area (Å²) < 4.78 is 76.0. The topological polar surface area (TPSA) is 46.6 Å². The second-order valence-electron chi connectivity index (χ2n) is 4.33. The highest BCUT2D eigenvalue weighted by Crippen LogP contribution is 2.25. The van der Waals surface area contributed by atoms with Crippen LogP contribution in [0.15, 0.2) is 0 Å². The van der Waals surface area contributed by atoms with Gasteiger partial charge in [-0.3, -0.25) is 4.79 Å². The maximum Gasteiger partial charge on any atom is 0.490 e. The van der Waals surface area contributed by atoms with Crippen LogP contribution in [0.5, 0.6) is 0 Å². The lowest BCUT2D eigenvalue weighted by molar-refractivity contribution is -0.201. The minimum Gasteiger partial charge on any atom is -0.459 e. The van der Waals surface area contributed by atoms with E-state index in [9.17, 15) is 35.9 Å². The number of alkyl halides is 6. The van der Waals surface area contributed by atoms with Crippen molar-refractivity contribution in [3.8, 4) is 0 Å². The first kappa shape index (κ1) is 16.6. The Morgan fingerprint density at radius 3 is 1.90 bits per heavy atom. The van der Waals surface area contributed by atoms with Crippen LogP contribution in [0.25, 0.3) is 0 Å². The van der Waals surface area contributed by atoms with Crippen LogP contribution in [0.4, 0.5) is 26.3 Å². The van der Waals surface area contributed by atoms with E-state index in [0.29, 0.717) is 4.90 Å². The van der Waals surface area contributed by atoms with E-state index in [-0.39, 0.29) is 25.9 Å². The van der Waals surface area contributed by atoms with E-state index in [4.69, 9.17) is 0 Å². The van der Waals surface area contributed by atoms with Gasteiger partial charge < -0.3 is 9.64 Å². The van der Waals surface area contributed by atoms with Crippen LogP contribution >= 0.6 is 0 Å². The largest absolute Gasteiger partial charge is 0.490 e. The van der Waals surface area contributed by atoms with E-state index in [1.807, 2.05) is 0 Å². The minimum absolute atomic E-state index is 0.0486. The van der Waals surface area contributed by atoms with Gasteiger partial charge in [0.1, 0.15) is 0 Å². The summed E-state index contributed by atoms with van der Waals surface area (Å²) in [4.78, 5) is 21.9. The summed E-state index contributed by atoms with van der Waals surface area (Å²) in [6.45, 7) is -0.981. The molecule has 1 rings (SSSR count). The third-order valence-electron chi connectivity index (χ3n) is 2.83. The lowest BCUT2D eigenvalue weighted by atomic mass is 9.98. The maximum absolute atomic E-state index is 12.1. The maximum atomic E-state index is 12.1. The van der Waals surface area contributed by atoms with E-state index in [1.54, 1.807) is 0 Å². The second kappa shape index (κ2) is 5.88. The molecule has 0 aromatic heterocycles. The normalized spacial score (nSPS) is 18.0. The highest BCUT2D eigenvalue weighted by molar-refractivity contribution is 5.81. The first-order valence-corrected chi connectivity index (χ1v) is 5.62. The molecule has 0 atom stereocenters. The second-order valence-corrected chi connectivity index (χ2v) is 4.33. The van der Waals surface area contributed by atoms with E-state index in [0.717, 1.165) is 0 Å². The molecule has 1 amide bonds. The van der Waals surface area contributed by atoms with Crippen LogP contribution < -0.4 is 0 Å². The molecule has 0 aromatic carbocycles. The van der Waals surface area contributed by atoms with Gasteiger partial charge in [0.05, 0.1) is 6.61 Å². The number of esters is 1. The predicted octanol–water partition coefficient (Wildman–Crippen LogP) is 1.89. The van der Waals surface area contributed by atoms with E-state index in [1.165, 1.54) is 0 Å². The number of likely N-dealkylation sites (tertiary alicyclic amines) is 1. The van der Waals surface area contributed by atoms with Crippen molar-refractivity contribution in [1.29, 1.82) is 0 Å². The molecule has 20 heavy (non-hydrogen) atoms. The summed E-state index contributed by atoms with van der Waals surface area (Å²) in [5.74, 6) is -4.78. The van der Waals surface area contributed by atoms with Crippen LogP contribution in [0, 0.1) is 5.92 Å². The van der Waals surface area contributed by atoms with Crippen LogP contribution in [0.1, 0.15) is 12.8 Å². The first-order chi connectivity index (χ1) is 9.01. The zero-order chi connectivity index (χ0) is 15.6. The molecule has 0 spiro atoms. The summed E-state index contributed by atoms with van der Waals surface area (Å²) >= 11 is 0. The summed E-state index contributed by atoms with van der Waals surface area (Å²) in [5.41, 5.74) is 0. The molecule has 116 valence electrons. The standard InChI is InChI=1S/C10H11F6NO3/c11-9(12,13)7(18)17-3-1-6(2-4-17)5-20-8(19)10(14,15)16/h6H,1-5H2. The number of ether oxygens (including phenoxy) is 1. The molecule has 0 aliphatic carbocycles. The SMILES string of the molecule is O=C(OCC1CCN(C(=O)C(F)(F)F)CC1)C(F)(F)F. The van der Waals surface area contributed by atoms with Crippen molar-refractivity contribution in [3.63, 3.8) is 0 Å². The van der Waals surface area contributed by atoms with Crippen molar-refractivity contribution in [2.45, 2.75) is 25.2 Å². The van der Waals surface area contributed by atoms with Crippen molar-refractivity contribution < 1.29 is 40.7 Å². The summed E-state index contributed by atoms with van der Waals surface area (Å²) in [5, 5.41) is 0. The fourth-order valence-electron chi connectivity index (χ4n) is 1.76. The lowest BCUT2D eigenvalue weighted by Gasteiger charge is -2.32. The molecule has 0 aromatic rings. The summed E-state index contributed by atoms with van der Waals surface area (Å²) in [6.07, 6.45) is -9.96. The zero-order valence-corrected chi connectivity index (χ0v) is 10.1. The molecule has 0 unspecified atom stereocenters. The Balaban J connectivity index is 2.37. The Kier molecular flexibility index (Phi) is 4.87. The summed E-state index contributed by atoms with van der Waals surface area (Å²) in [7, 11) is 0. The number of amides is 1. The van der Waals surface area contributed by atoms with E-state index >= 15 is 0 Å². The molecular weight excluding hydrogens is 296 g/mol. The van der Waals surface area contributed by atoms with Gasteiger partial charge in [-0.05, 0) is 18.8 Å². The Bertz CT molecular complexity index is 370. The number of piperidine rings is 1. The van der Waals surface area contributed by atoms with Gasteiger partial charge in [-0.2, -0.15) is 26.3 Å². The number of nitrogens with zero attached hydrogens (tertiary/aromatic N) is 1. The molecule has 1 fully saturated rings. The molecule has 1 saturated heterocycles. The summed E-state index contributed by atoms with van der Waals surface area (Å²) in [6, 6.07) is 0. The monoisotopic (exact) mass is 307 g/mol. The number of carbonyl (C=O) groups excluding carboxylic acids is 2. The molecule has 0 bridgehead atoms. The third-order valence-corrected chi connectivity index (χ3v) is 2.83. The highest BCUT2D eigenvalue weighted by Gasteiger charge is 2.44. The lowest BCUT2D eigenvalue weighted by Crippen LogP contribution is -2.46. The van der Waals surface area contributed by atoms with Gasteiger partial charge in [-0.25, -0.2) is 4.79 Å².